The summed E-state index contributed by atoms with van der Waals surface area (Å²) >= 11 is 0. The molecule has 0 bridgehead atoms. The first-order valence-electron chi connectivity index (χ1n) is 9.93. The fourth-order valence-corrected chi connectivity index (χ4v) is 4.08. The number of nitrogens with one attached hydrogen (secondary N) is 1. The lowest BCUT2D eigenvalue weighted by molar-refractivity contribution is -0.159. The van der Waals surface area contributed by atoms with Gasteiger partial charge < -0.3 is 24.2 Å². The second kappa shape index (κ2) is 10.8. The van der Waals surface area contributed by atoms with Crippen molar-refractivity contribution in [3.05, 3.63) is 32.6 Å². The molecular formula is C18H29N2O11P. The number of esters is 1. The molecule has 2 rings (SSSR count). The standard InChI is InChI=1S/C18H29N2O11P/c1-9(2)28-14-13(8-27-32(25,26)31-10(3)4)30-17(15(14)29-11(5)22)20-6-12(7-21)16(23)19-18(20)24/h6,9-10,13-15,17,21H,7-8H2,1-5H3,(H,25,26)(H,19,23,24)/t13-,14?,15+,17-/m1/s1. The average molecular weight is 480 g/mol. The van der Waals surface area contributed by atoms with Gasteiger partial charge in [0.05, 0.1) is 31.0 Å². The number of aliphatic hydroxyl groups is 1. The van der Waals surface area contributed by atoms with Crippen LogP contribution in [0.5, 0.6) is 0 Å². The molecule has 1 fully saturated rings. The molecular weight excluding hydrogens is 451 g/mol. The van der Waals surface area contributed by atoms with Gasteiger partial charge in [0.2, 0.25) is 0 Å². The van der Waals surface area contributed by atoms with Crippen molar-refractivity contribution in [1.29, 1.82) is 0 Å². The fourth-order valence-electron chi connectivity index (χ4n) is 3.16. The van der Waals surface area contributed by atoms with Gasteiger partial charge in [-0.25, -0.2) is 9.36 Å². The Labute approximate surface area is 183 Å². The van der Waals surface area contributed by atoms with Crippen LogP contribution in [0.1, 0.15) is 46.4 Å². The highest BCUT2D eigenvalue weighted by atomic mass is 31.2. The summed E-state index contributed by atoms with van der Waals surface area (Å²) in [5, 5.41) is 9.38. The normalized spacial score (nSPS) is 25.3. The van der Waals surface area contributed by atoms with E-state index >= 15 is 0 Å². The van der Waals surface area contributed by atoms with Crippen LogP contribution in [0.4, 0.5) is 0 Å². The summed E-state index contributed by atoms with van der Waals surface area (Å²) in [6, 6.07) is 0. The van der Waals surface area contributed by atoms with Crippen LogP contribution in [0.25, 0.3) is 0 Å². The van der Waals surface area contributed by atoms with Crippen LogP contribution in [0.15, 0.2) is 15.8 Å². The number of carbonyl (C=O) groups excluding carboxylic acids is 1. The molecule has 32 heavy (non-hydrogen) atoms. The molecule has 0 amide bonds. The highest BCUT2D eigenvalue weighted by Crippen LogP contribution is 2.46. The predicted molar refractivity (Wildman–Crippen MR) is 109 cm³/mol. The van der Waals surface area contributed by atoms with Crippen LogP contribution >= 0.6 is 7.82 Å². The number of aliphatic hydroxyl groups excluding tert-OH is 1. The summed E-state index contributed by atoms with van der Waals surface area (Å²) in [6.45, 7) is 6.54. The number of ether oxygens (including phenoxy) is 3. The van der Waals surface area contributed by atoms with Crippen LogP contribution in [0.2, 0.25) is 0 Å². The Balaban J connectivity index is 2.43. The van der Waals surface area contributed by atoms with Crippen LogP contribution in [-0.2, 0) is 39.2 Å². The topological polar surface area (TPSA) is 176 Å². The van der Waals surface area contributed by atoms with Crippen molar-refractivity contribution in [1.82, 2.24) is 9.55 Å². The van der Waals surface area contributed by atoms with E-state index in [-0.39, 0.29) is 11.7 Å². The second-order valence-electron chi connectivity index (χ2n) is 7.69. The first-order chi connectivity index (χ1) is 14.8. The molecule has 1 aromatic rings. The van der Waals surface area contributed by atoms with E-state index in [1.165, 1.54) is 0 Å². The summed E-state index contributed by atoms with van der Waals surface area (Å²) < 4.78 is 40.0. The van der Waals surface area contributed by atoms with E-state index < -0.39 is 68.9 Å². The van der Waals surface area contributed by atoms with Crippen molar-refractivity contribution in [2.24, 2.45) is 0 Å². The van der Waals surface area contributed by atoms with E-state index in [9.17, 15) is 28.9 Å². The molecule has 14 heteroatoms. The molecule has 0 aromatic carbocycles. The Bertz CT molecular complexity index is 957. The van der Waals surface area contributed by atoms with Crippen molar-refractivity contribution >= 4 is 13.8 Å². The predicted octanol–water partition coefficient (Wildman–Crippen LogP) is 0.194. The van der Waals surface area contributed by atoms with Gasteiger partial charge >= 0.3 is 19.5 Å². The quantitative estimate of drug-likeness (QED) is 0.308. The third kappa shape index (κ3) is 6.82. The minimum atomic E-state index is -4.42. The summed E-state index contributed by atoms with van der Waals surface area (Å²) in [4.78, 5) is 47.9. The van der Waals surface area contributed by atoms with E-state index in [4.69, 9.17) is 23.3 Å². The maximum Gasteiger partial charge on any atom is 0.472 e. The van der Waals surface area contributed by atoms with Crippen molar-refractivity contribution in [2.75, 3.05) is 6.61 Å². The molecule has 0 spiro atoms. The molecule has 2 heterocycles. The minimum absolute atomic E-state index is 0.124. The Hall–Kier alpha value is -1.86. The maximum atomic E-state index is 12.4. The molecule has 13 nitrogen and oxygen atoms in total. The van der Waals surface area contributed by atoms with Gasteiger partial charge in [0.1, 0.15) is 12.2 Å². The third-order valence-electron chi connectivity index (χ3n) is 4.25. The van der Waals surface area contributed by atoms with Gasteiger partial charge in [-0.2, -0.15) is 0 Å². The van der Waals surface area contributed by atoms with Crippen LogP contribution in [0, 0.1) is 0 Å². The minimum Gasteiger partial charge on any atom is -0.455 e. The van der Waals surface area contributed by atoms with Crippen LogP contribution < -0.4 is 11.2 Å². The van der Waals surface area contributed by atoms with E-state index in [1.807, 2.05) is 0 Å². The van der Waals surface area contributed by atoms with Crippen molar-refractivity contribution in [2.45, 2.75) is 78.0 Å². The number of H-pyrrole nitrogens is 1. The zero-order chi connectivity index (χ0) is 24.2. The number of hydrogen-bond donors (Lipinski definition) is 3. The number of phosphoric acid groups is 1. The van der Waals surface area contributed by atoms with Gasteiger partial charge in [0.15, 0.2) is 12.3 Å². The van der Waals surface area contributed by atoms with Gasteiger partial charge in [0.25, 0.3) is 5.56 Å². The lowest BCUT2D eigenvalue weighted by Crippen LogP contribution is -2.43. The average Bonchev–Trinajstić information content (AvgIpc) is 2.95. The first kappa shape index (κ1) is 26.4. The number of phosphoric ester groups is 1. The van der Waals surface area contributed by atoms with Gasteiger partial charge in [-0.3, -0.25) is 28.2 Å². The van der Waals surface area contributed by atoms with E-state index in [0.29, 0.717) is 0 Å². The van der Waals surface area contributed by atoms with Crippen LogP contribution in [-0.4, -0.2) is 62.6 Å². The number of hydrogen-bond acceptors (Lipinski definition) is 10. The summed E-state index contributed by atoms with van der Waals surface area (Å²) in [5.41, 5.74) is -1.78. The molecule has 1 aliphatic heterocycles. The molecule has 0 radical (unpaired) electrons. The summed E-state index contributed by atoms with van der Waals surface area (Å²) in [5.74, 6) is -0.696. The molecule has 1 aromatic heterocycles. The fraction of sp³-hybridized carbons (Fsp3) is 0.722. The highest BCUT2D eigenvalue weighted by molar-refractivity contribution is 7.47. The first-order valence-corrected chi connectivity index (χ1v) is 11.4. The van der Waals surface area contributed by atoms with Gasteiger partial charge in [-0.15, -0.1) is 0 Å². The summed E-state index contributed by atoms with van der Waals surface area (Å²) in [7, 11) is -4.42. The molecule has 5 atom stereocenters. The van der Waals surface area contributed by atoms with Gasteiger partial charge in [-0.1, -0.05) is 0 Å². The Kier molecular flexibility index (Phi) is 8.94. The Morgan fingerprint density at radius 3 is 2.44 bits per heavy atom. The Morgan fingerprint density at radius 1 is 1.25 bits per heavy atom. The molecule has 3 N–H and O–H groups in total. The molecule has 0 aliphatic carbocycles. The van der Waals surface area contributed by atoms with Crippen molar-refractivity contribution in [3.8, 4) is 0 Å². The number of aromatic amines is 1. The number of nitrogens with zero attached hydrogens (tertiary/aromatic N) is 1. The Morgan fingerprint density at radius 2 is 1.91 bits per heavy atom. The van der Waals surface area contributed by atoms with E-state index in [2.05, 4.69) is 4.98 Å². The van der Waals surface area contributed by atoms with Crippen molar-refractivity contribution < 1.29 is 42.6 Å². The van der Waals surface area contributed by atoms with Crippen LogP contribution in [0.3, 0.4) is 0 Å². The monoisotopic (exact) mass is 480 g/mol. The molecule has 1 saturated heterocycles. The van der Waals surface area contributed by atoms with E-state index in [0.717, 1.165) is 17.7 Å². The smallest absolute Gasteiger partial charge is 0.455 e. The largest absolute Gasteiger partial charge is 0.472 e. The van der Waals surface area contributed by atoms with Gasteiger partial charge in [0, 0.05) is 13.1 Å². The third-order valence-corrected chi connectivity index (χ3v) is 5.41. The zero-order valence-electron chi connectivity index (χ0n) is 18.4. The number of aromatic nitrogens is 2. The summed E-state index contributed by atoms with van der Waals surface area (Å²) in [6.07, 6.45) is -4.40. The molecule has 1 aliphatic rings. The van der Waals surface area contributed by atoms with Crippen molar-refractivity contribution in [3.63, 3.8) is 0 Å². The molecule has 182 valence electrons. The zero-order valence-corrected chi connectivity index (χ0v) is 19.3. The number of rotatable bonds is 10. The SMILES string of the molecule is CC(=O)O[C@H]1C(OC(C)C)[C@@H](COP(=O)(O)OC(C)C)O[C@H]1n1cc(CO)c(=O)[nH]c1=O. The lowest BCUT2D eigenvalue weighted by atomic mass is 10.1. The highest BCUT2D eigenvalue weighted by Gasteiger charge is 2.50. The maximum absolute atomic E-state index is 12.4. The van der Waals surface area contributed by atoms with E-state index in [1.54, 1.807) is 27.7 Å². The molecule has 0 saturated carbocycles. The second-order valence-corrected chi connectivity index (χ2v) is 9.09. The van der Waals surface area contributed by atoms with Gasteiger partial charge in [-0.05, 0) is 27.7 Å². The molecule has 2 unspecified atom stereocenters. The lowest BCUT2D eigenvalue weighted by Gasteiger charge is -2.26. The number of carbonyl (C=O) groups is 1.